The fourth-order valence-electron chi connectivity index (χ4n) is 4.06. The predicted octanol–water partition coefficient (Wildman–Crippen LogP) is 3.27. The van der Waals surface area contributed by atoms with Gasteiger partial charge in [0.25, 0.3) is 0 Å². The molecule has 1 N–H and O–H groups in total. The van der Waals surface area contributed by atoms with Crippen LogP contribution < -0.4 is 10.2 Å². The molecular formula is C20H21ClN4O3S. The highest BCUT2D eigenvalue weighted by molar-refractivity contribution is 7.08. The van der Waals surface area contributed by atoms with Gasteiger partial charge in [-0.05, 0) is 42.1 Å². The molecule has 0 radical (unpaired) electrons. The average Bonchev–Trinajstić information content (AvgIpc) is 3.36. The lowest BCUT2D eigenvalue weighted by Crippen LogP contribution is -2.67. The summed E-state index contributed by atoms with van der Waals surface area (Å²) < 4.78 is 0. The van der Waals surface area contributed by atoms with Gasteiger partial charge in [0.2, 0.25) is 11.8 Å². The van der Waals surface area contributed by atoms with Crippen molar-refractivity contribution in [3.05, 3.63) is 46.1 Å². The Morgan fingerprint density at radius 2 is 1.93 bits per heavy atom. The summed E-state index contributed by atoms with van der Waals surface area (Å²) in [5, 5.41) is 7.32. The molecule has 2 aliphatic rings. The number of piperazine rings is 1. The summed E-state index contributed by atoms with van der Waals surface area (Å²) in [7, 11) is 0. The molecule has 152 valence electrons. The Labute approximate surface area is 177 Å². The predicted molar refractivity (Wildman–Crippen MR) is 113 cm³/mol. The number of anilines is 2. The zero-order valence-electron chi connectivity index (χ0n) is 15.9. The Bertz CT molecular complexity index is 934. The molecule has 0 aliphatic carbocycles. The van der Waals surface area contributed by atoms with Crippen molar-refractivity contribution in [3.63, 3.8) is 0 Å². The van der Waals surface area contributed by atoms with Crippen molar-refractivity contribution in [1.82, 2.24) is 9.80 Å². The van der Waals surface area contributed by atoms with Gasteiger partial charge in [0, 0.05) is 36.1 Å². The monoisotopic (exact) mass is 432 g/mol. The van der Waals surface area contributed by atoms with Crippen molar-refractivity contribution < 1.29 is 14.4 Å². The number of thiophene rings is 1. The minimum atomic E-state index is -0.584. The van der Waals surface area contributed by atoms with Crippen LogP contribution in [-0.4, -0.2) is 59.4 Å². The number of nitrogens with zero attached hydrogens (tertiary/aromatic N) is 3. The fraction of sp³-hybridized carbons (Fsp3) is 0.350. The van der Waals surface area contributed by atoms with E-state index in [0.717, 1.165) is 5.69 Å². The molecule has 3 heterocycles. The molecule has 2 saturated heterocycles. The van der Waals surface area contributed by atoms with Gasteiger partial charge in [-0.3, -0.25) is 9.59 Å². The van der Waals surface area contributed by atoms with E-state index in [-0.39, 0.29) is 24.4 Å². The van der Waals surface area contributed by atoms with E-state index in [9.17, 15) is 14.4 Å². The van der Waals surface area contributed by atoms with Gasteiger partial charge < -0.3 is 20.0 Å². The van der Waals surface area contributed by atoms with E-state index in [2.05, 4.69) is 5.32 Å². The van der Waals surface area contributed by atoms with Gasteiger partial charge in [-0.2, -0.15) is 11.3 Å². The number of amides is 4. The number of carbonyl (C=O) groups excluding carboxylic acids is 3. The van der Waals surface area contributed by atoms with Crippen LogP contribution in [0.2, 0.25) is 5.02 Å². The normalized spacial score (nSPS) is 21.7. The highest BCUT2D eigenvalue weighted by Crippen LogP contribution is 2.35. The zero-order chi connectivity index (χ0) is 20.6. The summed E-state index contributed by atoms with van der Waals surface area (Å²) in [5.74, 6) is -0.253. The molecule has 9 heteroatoms. The maximum absolute atomic E-state index is 12.8. The summed E-state index contributed by atoms with van der Waals surface area (Å²) in [5.41, 5.74) is 0.910. The van der Waals surface area contributed by atoms with Crippen LogP contribution in [0.1, 0.15) is 13.3 Å². The van der Waals surface area contributed by atoms with E-state index in [1.54, 1.807) is 39.0 Å². The van der Waals surface area contributed by atoms with Gasteiger partial charge in [-0.25, -0.2) is 4.79 Å². The number of likely N-dealkylation sites (tertiary alicyclic amines) is 1. The van der Waals surface area contributed by atoms with Gasteiger partial charge >= 0.3 is 6.03 Å². The van der Waals surface area contributed by atoms with Gasteiger partial charge in [0.15, 0.2) is 0 Å². The molecule has 4 rings (SSSR count). The van der Waals surface area contributed by atoms with Crippen molar-refractivity contribution in [2.75, 3.05) is 36.4 Å². The smallest absolute Gasteiger partial charge is 0.321 e. The molecule has 2 aromatic rings. The molecule has 1 spiro atoms. The lowest BCUT2D eigenvalue weighted by atomic mass is 9.92. The number of carbonyl (C=O) groups is 3. The molecule has 0 bridgehead atoms. The first-order valence-corrected chi connectivity index (χ1v) is 10.6. The molecule has 1 aromatic heterocycles. The van der Waals surface area contributed by atoms with E-state index in [1.807, 2.05) is 16.8 Å². The minimum Gasteiger partial charge on any atom is -0.324 e. The number of hydrogen-bond acceptors (Lipinski definition) is 4. The third-order valence-electron chi connectivity index (χ3n) is 5.53. The van der Waals surface area contributed by atoms with Crippen LogP contribution in [0.3, 0.4) is 0 Å². The van der Waals surface area contributed by atoms with Crippen LogP contribution in [0.25, 0.3) is 0 Å². The minimum absolute atomic E-state index is 0.0256. The van der Waals surface area contributed by atoms with Gasteiger partial charge in [0.05, 0.1) is 17.8 Å². The summed E-state index contributed by atoms with van der Waals surface area (Å²) in [4.78, 5) is 42.8. The first-order valence-electron chi connectivity index (χ1n) is 9.30. The van der Waals surface area contributed by atoms with Crippen molar-refractivity contribution >= 4 is 52.2 Å². The number of halogens is 1. The number of rotatable bonds is 2. The average molecular weight is 433 g/mol. The maximum atomic E-state index is 12.8. The lowest BCUT2D eigenvalue weighted by molar-refractivity contribution is -0.142. The molecule has 0 saturated carbocycles. The van der Waals surface area contributed by atoms with Gasteiger partial charge in [0.1, 0.15) is 6.54 Å². The van der Waals surface area contributed by atoms with Crippen LogP contribution in [0, 0.1) is 0 Å². The fourth-order valence-corrected chi connectivity index (χ4v) is 4.83. The molecule has 2 aliphatic heterocycles. The second-order valence-electron chi connectivity index (χ2n) is 7.40. The SMILES string of the molecule is CC(=O)N1CC(=O)N(c2ccsc2)C[C@]12CCN(C(=O)Nc1ccc(Cl)cc1)C2. The number of benzene rings is 1. The lowest BCUT2D eigenvalue weighted by Gasteiger charge is -2.47. The Morgan fingerprint density at radius 3 is 2.59 bits per heavy atom. The second kappa shape index (κ2) is 7.68. The molecule has 0 unspecified atom stereocenters. The highest BCUT2D eigenvalue weighted by atomic mass is 35.5. The van der Waals surface area contributed by atoms with E-state index in [0.29, 0.717) is 36.8 Å². The van der Waals surface area contributed by atoms with Crippen molar-refractivity contribution in [2.24, 2.45) is 0 Å². The molecular weight excluding hydrogens is 412 g/mol. The summed E-state index contributed by atoms with van der Waals surface area (Å²) in [6.07, 6.45) is 0.620. The van der Waals surface area contributed by atoms with E-state index in [1.165, 1.54) is 18.3 Å². The van der Waals surface area contributed by atoms with Crippen LogP contribution in [0.5, 0.6) is 0 Å². The standard InChI is InChI=1S/C20H21ClN4O3S/c1-14(26)25-10-18(27)24(17-6-9-29-11-17)13-20(25)7-8-23(12-20)19(28)22-16-4-2-15(21)3-5-16/h2-6,9,11H,7-8,10,12-13H2,1H3,(H,22,28)/t20-/m1/s1. The van der Waals surface area contributed by atoms with Crippen LogP contribution in [0.4, 0.5) is 16.2 Å². The van der Waals surface area contributed by atoms with Crippen molar-refractivity contribution in [3.8, 4) is 0 Å². The number of nitrogens with one attached hydrogen (secondary N) is 1. The largest absolute Gasteiger partial charge is 0.324 e. The molecule has 2 fully saturated rings. The zero-order valence-corrected chi connectivity index (χ0v) is 17.5. The van der Waals surface area contributed by atoms with Crippen LogP contribution in [-0.2, 0) is 9.59 Å². The summed E-state index contributed by atoms with van der Waals surface area (Å²) in [6.45, 7) is 2.77. The third-order valence-corrected chi connectivity index (χ3v) is 6.46. The quantitative estimate of drug-likeness (QED) is 0.791. The van der Waals surface area contributed by atoms with Gasteiger partial charge in [-0.15, -0.1) is 0 Å². The number of urea groups is 1. The molecule has 29 heavy (non-hydrogen) atoms. The summed E-state index contributed by atoms with van der Waals surface area (Å²) in [6, 6.07) is 8.58. The Hall–Kier alpha value is -2.58. The topological polar surface area (TPSA) is 73.0 Å². The van der Waals surface area contributed by atoms with E-state index < -0.39 is 5.54 Å². The molecule has 7 nitrogen and oxygen atoms in total. The van der Waals surface area contributed by atoms with E-state index >= 15 is 0 Å². The maximum Gasteiger partial charge on any atom is 0.321 e. The Kier molecular flexibility index (Phi) is 5.23. The second-order valence-corrected chi connectivity index (χ2v) is 8.62. The molecule has 1 atom stereocenters. The first-order chi connectivity index (χ1) is 13.9. The Balaban J connectivity index is 1.53. The van der Waals surface area contributed by atoms with Crippen LogP contribution >= 0.6 is 22.9 Å². The van der Waals surface area contributed by atoms with Gasteiger partial charge in [-0.1, -0.05) is 11.6 Å². The van der Waals surface area contributed by atoms with E-state index in [4.69, 9.17) is 11.6 Å². The molecule has 1 aromatic carbocycles. The summed E-state index contributed by atoms with van der Waals surface area (Å²) >= 11 is 7.42. The first kappa shape index (κ1) is 19.7. The third kappa shape index (κ3) is 3.82. The van der Waals surface area contributed by atoms with Crippen LogP contribution in [0.15, 0.2) is 41.1 Å². The van der Waals surface area contributed by atoms with Crippen molar-refractivity contribution in [1.29, 1.82) is 0 Å². The van der Waals surface area contributed by atoms with Crippen molar-refractivity contribution in [2.45, 2.75) is 18.9 Å². The number of hydrogen-bond donors (Lipinski definition) is 1. The highest BCUT2D eigenvalue weighted by Gasteiger charge is 2.51. The Morgan fingerprint density at radius 1 is 1.17 bits per heavy atom. The molecule has 4 amide bonds.